The van der Waals surface area contributed by atoms with E-state index in [1.54, 1.807) is 12.1 Å². The van der Waals surface area contributed by atoms with Gasteiger partial charge in [0.1, 0.15) is 12.2 Å². The van der Waals surface area contributed by atoms with E-state index < -0.39 is 21.8 Å². The zero-order chi connectivity index (χ0) is 37.2. The van der Waals surface area contributed by atoms with Crippen LogP contribution >= 0.6 is 0 Å². The molecule has 6 rings (SSSR count). The van der Waals surface area contributed by atoms with Gasteiger partial charge in [0.25, 0.3) is 15.9 Å². The summed E-state index contributed by atoms with van der Waals surface area (Å²) < 4.78 is 42.8. The smallest absolute Gasteiger partial charge is 0.264 e. The molecule has 1 amide bonds. The van der Waals surface area contributed by atoms with Gasteiger partial charge in [0.2, 0.25) is 5.96 Å². The Balaban J connectivity index is 1.37. The first kappa shape index (κ1) is 38.1. The van der Waals surface area contributed by atoms with Gasteiger partial charge >= 0.3 is 0 Å². The predicted octanol–water partition coefficient (Wildman–Crippen LogP) is 5.21. The number of sulfonamides is 1. The fourth-order valence-electron chi connectivity index (χ4n) is 7.87. The average Bonchev–Trinajstić information content (AvgIpc) is 3.43. The molecule has 5 aliphatic rings. The summed E-state index contributed by atoms with van der Waals surface area (Å²) >= 11 is 0. The SMILES string of the molecule is CCCOCCC[C@@H]1COC2CC(C3=C(C)CCC=C3C)=NC(=N2)NS(=O)(=O)c2cccc(c2)C(=O)N1C[C@]1(C)C=NC2C=C(C(C)C)N(C)C2N1. The number of ether oxygens (including phenoxy) is 2. The number of fused-ring (bicyclic) bond motifs is 4. The highest BCUT2D eigenvalue weighted by Gasteiger charge is 2.43. The number of hydrogen-bond donors (Lipinski definition) is 2. The number of carbonyl (C=O) groups is 1. The van der Waals surface area contributed by atoms with E-state index in [0.29, 0.717) is 38.4 Å². The van der Waals surface area contributed by atoms with Crippen LogP contribution < -0.4 is 10.0 Å². The second kappa shape index (κ2) is 15.8. The Bertz CT molecular complexity index is 1830. The van der Waals surface area contributed by atoms with Crippen molar-refractivity contribution in [3.63, 3.8) is 0 Å². The number of carbonyl (C=O) groups excluding carboxylic acids is 1. The zero-order valence-corrected chi connectivity index (χ0v) is 32.5. The van der Waals surface area contributed by atoms with Crippen molar-refractivity contribution in [1.29, 1.82) is 0 Å². The number of guanidine groups is 1. The third kappa shape index (κ3) is 8.27. The minimum Gasteiger partial charge on any atom is -0.381 e. The average molecular weight is 734 g/mol. The molecule has 1 aromatic carbocycles. The Morgan fingerprint density at radius 3 is 2.75 bits per heavy atom. The first-order valence-corrected chi connectivity index (χ1v) is 20.2. The molecular formula is C39H55N7O5S. The number of benzene rings is 1. The van der Waals surface area contributed by atoms with E-state index in [0.717, 1.165) is 36.1 Å². The summed E-state index contributed by atoms with van der Waals surface area (Å²) in [4.78, 5) is 33.2. The molecule has 4 bridgehead atoms. The van der Waals surface area contributed by atoms with Gasteiger partial charge in [-0.1, -0.05) is 38.5 Å². The van der Waals surface area contributed by atoms with Gasteiger partial charge in [0.15, 0.2) is 6.23 Å². The molecule has 52 heavy (non-hydrogen) atoms. The lowest BCUT2D eigenvalue weighted by Crippen LogP contribution is -2.65. The van der Waals surface area contributed by atoms with Crippen molar-refractivity contribution in [2.45, 2.75) is 115 Å². The normalized spacial score (nSPS) is 29.0. The van der Waals surface area contributed by atoms with Crippen LogP contribution in [0.4, 0.5) is 0 Å². The Morgan fingerprint density at radius 2 is 2.00 bits per heavy atom. The van der Waals surface area contributed by atoms with Crippen LogP contribution in [-0.4, -0.2) is 105 Å². The quantitative estimate of drug-likeness (QED) is 0.315. The van der Waals surface area contributed by atoms with Gasteiger partial charge in [-0.2, -0.15) is 0 Å². The summed E-state index contributed by atoms with van der Waals surface area (Å²) in [5, 5.41) is 3.81. The molecule has 1 aliphatic carbocycles. The summed E-state index contributed by atoms with van der Waals surface area (Å²) in [7, 11) is -2.06. The number of nitrogens with one attached hydrogen (secondary N) is 2. The third-order valence-electron chi connectivity index (χ3n) is 10.5. The van der Waals surface area contributed by atoms with Crippen LogP contribution in [0.3, 0.4) is 0 Å². The summed E-state index contributed by atoms with van der Waals surface area (Å²) in [6, 6.07) is 5.80. The van der Waals surface area contributed by atoms with Crippen molar-refractivity contribution >= 4 is 33.8 Å². The number of aliphatic imine (C=N–C) groups is 3. The molecule has 2 N–H and O–H groups in total. The van der Waals surface area contributed by atoms with E-state index in [4.69, 9.17) is 19.5 Å². The molecule has 0 saturated heterocycles. The lowest BCUT2D eigenvalue weighted by atomic mass is 9.88. The van der Waals surface area contributed by atoms with E-state index in [9.17, 15) is 13.2 Å². The first-order valence-electron chi connectivity index (χ1n) is 18.7. The Labute approximate surface area is 309 Å². The van der Waals surface area contributed by atoms with E-state index in [-0.39, 0.29) is 53.7 Å². The predicted molar refractivity (Wildman–Crippen MR) is 205 cm³/mol. The molecule has 0 saturated carbocycles. The second-order valence-electron chi connectivity index (χ2n) is 15.2. The molecule has 4 aliphatic heterocycles. The number of hydrogen-bond acceptors (Lipinski definition) is 10. The standard InChI is InChI=1S/C39H55N7O5S/c1-8-17-50-18-11-15-29-22-51-34-21-31(35-26(4)12-9-13-27(35)5)41-38(42-34)44-52(48,49)30-16-10-14-28(19-30)37(47)46(29)24-39(6)23-40-32-20-33(25(2)3)45(7)36(32)43-39/h10,12,14,16,19-20,23,25,29,32,34,36,43H,8-9,11,13,15,17-18,21-22,24H2,1-7H3,(H,42,44)/t29-,32?,34?,36?,39+/m1/s1. The Kier molecular flexibility index (Phi) is 11.5. The van der Waals surface area contributed by atoms with Crippen LogP contribution in [0.5, 0.6) is 0 Å². The fraction of sp³-hybridized carbons (Fsp3) is 0.590. The highest BCUT2D eigenvalue weighted by atomic mass is 32.2. The minimum absolute atomic E-state index is 0.0259. The van der Waals surface area contributed by atoms with Gasteiger partial charge in [-0.25, -0.2) is 23.1 Å². The van der Waals surface area contributed by atoms with E-state index in [1.165, 1.54) is 23.4 Å². The van der Waals surface area contributed by atoms with E-state index in [1.807, 2.05) is 11.1 Å². The lowest BCUT2D eigenvalue weighted by Gasteiger charge is -2.44. The van der Waals surface area contributed by atoms with Crippen LogP contribution in [0.15, 0.2) is 78.7 Å². The maximum absolute atomic E-state index is 14.7. The number of nitrogens with zero attached hydrogens (tertiary/aromatic N) is 5. The summed E-state index contributed by atoms with van der Waals surface area (Å²) in [5.74, 6) is 0.0369. The van der Waals surface area contributed by atoms with Gasteiger partial charge in [-0.3, -0.25) is 15.1 Å². The van der Waals surface area contributed by atoms with Gasteiger partial charge in [0, 0.05) is 50.7 Å². The Hall–Kier alpha value is -3.65. The van der Waals surface area contributed by atoms with Crippen molar-refractivity contribution in [2.24, 2.45) is 20.9 Å². The van der Waals surface area contributed by atoms with Crippen molar-refractivity contribution in [2.75, 3.05) is 33.4 Å². The molecule has 0 spiro atoms. The third-order valence-corrected chi connectivity index (χ3v) is 11.8. The minimum atomic E-state index is -4.14. The number of likely N-dealkylation sites (N-methyl/N-ethyl adjacent to an activating group) is 1. The summed E-state index contributed by atoms with van der Waals surface area (Å²) in [6.07, 6.45) is 10.1. The fourth-order valence-corrected chi connectivity index (χ4v) is 8.86. The highest BCUT2D eigenvalue weighted by Crippen LogP contribution is 2.32. The highest BCUT2D eigenvalue weighted by molar-refractivity contribution is 7.90. The van der Waals surface area contributed by atoms with Crippen molar-refractivity contribution in [3.05, 3.63) is 64.4 Å². The summed E-state index contributed by atoms with van der Waals surface area (Å²) in [5.41, 5.74) is 4.89. The van der Waals surface area contributed by atoms with E-state index in [2.05, 4.69) is 80.7 Å². The molecule has 1 aromatic rings. The molecule has 4 heterocycles. The second-order valence-corrected chi connectivity index (χ2v) is 16.9. The van der Waals surface area contributed by atoms with Crippen LogP contribution in [0.1, 0.15) is 90.4 Å². The van der Waals surface area contributed by atoms with Crippen LogP contribution in [-0.2, 0) is 19.5 Å². The molecular weight excluding hydrogens is 679 g/mol. The van der Waals surface area contributed by atoms with Crippen molar-refractivity contribution < 1.29 is 22.7 Å². The van der Waals surface area contributed by atoms with E-state index >= 15 is 0 Å². The van der Waals surface area contributed by atoms with Gasteiger partial charge in [0.05, 0.1) is 28.8 Å². The van der Waals surface area contributed by atoms with Crippen molar-refractivity contribution in [3.8, 4) is 0 Å². The van der Waals surface area contributed by atoms with Crippen LogP contribution in [0, 0.1) is 5.92 Å². The number of rotatable bonds is 10. The number of amides is 1. The lowest BCUT2D eigenvalue weighted by molar-refractivity contribution is 0.00481. The van der Waals surface area contributed by atoms with Crippen LogP contribution in [0.2, 0.25) is 0 Å². The monoisotopic (exact) mass is 733 g/mol. The molecule has 12 nitrogen and oxygen atoms in total. The summed E-state index contributed by atoms with van der Waals surface area (Å²) in [6.45, 7) is 14.4. The maximum atomic E-state index is 14.7. The molecule has 282 valence electrons. The van der Waals surface area contributed by atoms with Crippen LogP contribution in [0.25, 0.3) is 0 Å². The molecule has 0 radical (unpaired) electrons. The molecule has 5 atom stereocenters. The van der Waals surface area contributed by atoms with Crippen molar-refractivity contribution in [1.82, 2.24) is 19.8 Å². The van der Waals surface area contributed by atoms with Gasteiger partial charge in [-0.15, -0.1) is 0 Å². The molecule has 0 fully saturated rings. The first-order chi connectivity index (χ1) is 24.8. The molecule has 13 heteroatoms. The molecule has 3 unspecified atom stereocenters. The number of allylic oxidation sites excluding steroid dienone is 5. The largest absolute Gasteiger partial charge is 0.381 e. The Morgan fingerprint density at radius 1 is 1.19 bits per heavy atom. The van der Waals surface area contributed by atoms with Gasteiger partial charge < -0.3 is 19.3 Å². The van der Waals surface area contributed by atoms with Gasteiger partial charge in [-0.05, 0) is 94.2 Å². The zero-order valence-electron chi connectivity index (χ0n) is 31.7. The molecule has 0 aromatic heterocycles. The maximum Gasteiger partial charge on any atom is 0.264 e. The topological polar surface area (TPSA) is 137 Å².